The van der Waals surface area contributed by atoms with Crippen molar-refractivity contribution in [2.75, 3.05) is 13.7 Å². The Kier molecular flexibility index (Phi) is 4.89. The molecule has 1 aromatic rings. The van der Waals surface area contributed by atoms with Crippen molar-refractivity contribution in [3.05, 3.63) is 15.6 Å². The van der Waals surface area contributed by atoms with Crippen molar-refractivity contribution in [3.8, 4) is 0 Å². The number of aryl methyl sites for hydroxylation is 1. The standard InChI is InChI=1S/C11H17NO3S/c1-4-5-8-12-9(11(13)14)10(16-8)7(2)6-15-3/h7H,4-6H2,1-3H3,(H,13,14). The van der Waals surface area contributed by atoms with Gasteiger partial charge in [0.1, 0.15) is 0 Å². The van der Waals surface area contributed by atoms with Crippen molar-refractivity contribution in [2.45, 2.75) is 32.6 Å². The molecular weight excluding hydrogens is 226 g/mol. The molecule has 0 saturated heterocycles. The predicted molar refractivity (Wildman–Crippen MR) is 63.4 cm³/mol. The maximum Gasteiger partial charge on any atom is 0.355 e. The van der Waals surface area contributed by atoms with Crippen molar-refractivity contribution in [3.63, 3.8) is 0 Å². The van der Waals surface area contributed by atoms with Crippen LogP contribution in [0.25, 0.3) is 0 Å². The summed E-state index contributed by atoms with van der Waals surface area (Å²) in [5, 5.41) is 9.97. The number of aromatic nitrogens is 1. The van der Waals surface area contributed by atoms with Gasteiger partial charge in [-0.1, -0.05) is 13.8 Å². The average Bonchev–Trinajstić information content (AvgIpc) is 2.63. The zero-order valence-corrected chi connectivity index (χ0v) is 10.6. The highest BCUT2D eigenvalue weighted by Crippen LogP contribution is 2.28. The Morgan fingerprint density at radius 3 is 2.81 bits per heavy atom. The van der Waals surface area contributed by atoms with Crippen molar-refractivity contribution in [1.29, 1.82) is 0 Å². The summed E-state index contributed by atoms with van der Waals surface area (Å²) in [7, 11) is 1.62. The van der Waals surface area contributed by atoms with Gasteiger partial charge in [0.2, 0.25) is 0 Å². The second kappa shape index (κ2) is 5.96. The van der Waals surface area contributed by atoms with E-state index in [0.29, 0.717) is 6.61 Å². The molecule has 0 spiro atoms. The van der Waals surface area contributed by atoms with Crippen LogP contribution in [0, 0.1) is 0 Å². The summed E-state index contributed by atoms with van der Waals surface area (Å²) in [5.41, 5.74) is 0.193. The normalized spacial score (nSPS) is 12.7. The number of carboxylic acid groups (broad SMARTS) is 1. The number of rotatable bonds is 6. The SMILES string of the molecule is CCCc1nc(C(=O)O)c(C(C)COC)s1. The fourth-order valence-electron chi connectivity index (χ4n) is 1.51. The zero-order chi connectivity index (χ0) is 12.1. The minimum Gasteiger partial charge on any atom is -0.476 e. The van der Waals surface area contributed by atoms with Gasteiger partial charge in [-0.25, -0.2) is 9.78 Å². The number of methoxy groups -OCH3 is 1. The van der Waals surface area contributed by atoms with Crippen molar-refractivity contribution in [1.82, 2.24) is 4.98 Å². The van der Waals surface area contributed by atoms with E-state index in [9.17, 15) is 4.79 Å². The summed E-state index contributed by atoms with van der Waals surface area (Å²) in [6.45, 7) is 4.54. The molecule has 1 heterocycles. The molecule has 1 unspecified atom stereocenters. The first kappa shape index (κ1) is 13.1. The number of carbonyl (C=O) groups is 1. The topological polar surface area (TPSA) is 59.4 Å². The highest BCUT2D eigenvalue weighted by molar-refractivity contribution is 7.12. The van der Waals surface area contributed by atoms with Crippen LogP contribution < -0.4 is 0 Å². The molecule has 1 N–H and O–H groups in total. The zero-order valence-electron chi connectivity index (χ0n) is 9.82. The van der Waals surface area contributed by atoms with E-state index in [1.165, 1.54) is 11.3 Å². The van der Waals surface area contributed by atoms with Crippen LogP contribution in [0.2, 0.25) is 0 Å². The van der Waals surface area contributed by atoms with E-state index in [0.717, 1.165) is 22.7 Å². The molecule has 0 aliphatic carbocycles. The Bertz CT molecular complexity index is 362. The first-order valence-electron chi connectivity index (χ1n) is 5.32. The van der Waals surface area contributed by atoms with Crippen LogP contribution in [0.4, 0.5) is 0 Å². The first-order chi connectivity index (χ1) is 7.60. The molecule has 0 radical (unpaired) electrons. The van der Waals surface area contributed by atoms with Crippen LogP contribution >= 0.6 is 11.3 Å². The highest BCUT2D eigenvalue weighted by Gasteiger charge is 2.21. The molecule has 16 heavy (non-hydrogen) atoms. The lowest BCUT2D eigenvalue weighted by Crippen LogP contribution is -2.07. The van der Waals surface area contributed by atoms with Crippen molar-refractivity contribution < 1.29 is 14.6 Å². The molecule has 1 atom stereocenters. The average molecular weight is 243 g/mol. The smallest absolute Gasteiger partial charge is 0.355 e. The van der Waals surface area contributed by atoms with E-state index < -0.39 is 5.97 Å². The number of hydrogen-bond acceptors (Lipinski definition) is 4. The van der Waals surface area contributed by atoms with Gasteiger partial charge < -0.3 is 9.84 Å². The van der Waals surface area contributed by atoms with Gasteiger partial charge in [0, 0.05) is 17.9 Å². The summed E-state index contributed by atoms with van der Waals surface area (Å²) in [6, 6.07) is 0. The lowest BCUT2D eigenvalue weighted by molar-refractivity contribution is 0.0688. The Balaban J connectivity index is 2.99. The fourth-order valence-corrected chi connectivity index (χ4v) is 2.71. The Morgan fingerprint density at radius 1 is 1.62 bits per heavy atom. The largest absolute Gasteiger partial charge is 0.476 e. The molecule has 1 rings (SSSR count). The number of carboxylic acids is 1. The van der Waals surface area contributed by atoms with Gasteiger partial charge in [-0.3, -0.25) is 0 Å². The van der Waals surface area contributed by atoms with Gasteiger partial charge in [-0.05, 0) is 12.8 Å². The highest BCUT2D eigenvalue weighted by atomic mass is 32.1. The molecular formula is C11H17NO3S. The molecule has 0 fully saturated rings. The Hall–Kier alpha value is -0.940. The Labute approximate surface area is 99.3 Å². The van der Waals surface area contributed by atoms with E-state index in [-0.39, 0.29) is 11.6 Å². The summed E-state index contributed by atoms with van der Waals surface area (Å²) in [6.07, 6.45) is 1.81. The molecule has 0 bridgehead atoms. The second-order valence-corrected chi connectivity index (χ2v) is 4.85. The van der Waals surface area contributed by atoms with Gasteiger partial charge in [0.05, 0.1) is 11.6 Å². The van der Waals surface area contributed by atoms with Crippen LogP contribution in [0.3, 0.4) is 0 Å². The van der Waals surface area contributed by atoms with Crippen LogP contribution in [-0.2, 0) is 11.2 Å². The molecule has 1 aromatic heterocycles. The molecule has 90 valence electrons. The lowest BCUT2D eigenvalue weighted by Gasteiger charge is -2.07. The number of hydrogen-bond donors (Lipinski definition) is 1. The third kappa shape index (κ3) is 3.02. The molecule has 0 aliphatic rings. The molecule has 0 aromatic carbocycles. The summed E-state index contributed by atoms with van der Waals surface area (Å²) in [4.78, 5) is 16.0. The van der Waals surface area contributed by atoms with E-state index >= 15 is 0 Å². The Morgan fingerprint density at radius 2 is 2.31 bits per heavy atom. The number of aromatic carboxylic acids is 1. The van der Waals surface area contributed by atoms with Crippen molar-refractivity contribution in [2.24, 2.45) is 0 Å². The first-order valence-corrected chi connectivity index (χ1v) is 6.13. The fraction of sp³-hybridized carbons (Fsp3) is 0.636. The third-order valence-electron chi connectivity index (χ3n) is 2.23. The number of thiazole rings is 1. The van der Waals surface area contributed by atoms with Gasteiger partial charge in [-0.15, -0.1) is 11.3 Å². The monoisotopic (exact) mass is 243 g/mol. The number of nitrogens with zero attached hydrogens (tertiary/aromatic N) is 1. The van der Waals surface area contributed by atoms with Crippen LogP contribution in [0.1, 0.15) is 46.6 Å². The van der Waals surface area contributed by atoms with Gasteiger partial charge in [-0.2, -0.15) is 0 Å². The predicted octanol–water partition coefficient (Wildman–Crippen LogP) is 2.54. The maximum atomic E-state index is 11.1. The van der Waals surface area contributed by atoms with Gasteiger partial charge in [0.25, 0.3) is 0 Å². The van der Waals surface area contributed by atoms with Gasteiger partial charge in [0.15, 0.2) is 5.69 Å². The lowest BCUT2D eigenvalue weighted by atomic mass is 10.1. The molecule has 4 nitrogen and oxygen atoms in total. The van der Waals surface area contributed by atoms with E-state index in [1.807, 2.05) is 6.92 Å². The van der Waals surface area contributed by atoms with E-state index in [4.69, 9.17) is 9.84 Å². The molecule has 0 saturated carbocycles. The van der Waals surface area contributed by atoms with E-state index in [1.54, 1.807) is 7.11 Å². The quantitative estimate of drug-likeness (QED) is 0.834. The summed E-state index contributed by atoms with van der Waals surface area (Å²) in [5.74, 6) is -0.865. The maximum absolute atomic E-state index is 11.1. The van der Waals surface area contributed by atoms with Crippen molar-refractivity contribution >= 4 is 17.3 Å². The van der Waals surface area contributed by atoms with Crippen LogP contribution in [-0.4, -0.2) is 29.8 Å². The minimum absolute atomic E-state index is 0.0826. The summed E-state index contributed by atoms with van der Waals surface area (Å²) >= 11 is 1.49. The third-order valence-corrected chi connectivity index (χ3v) is 3.58. The minimum atomic E-state index is -0.948. The number of ether oxygens (including phenoxy) is 1. The van der Waals surface area contributed by atoms with Gasteiger partial charge >= 0.3 is 5.97 Å². The molecule has 5 heteroatoms. The van der Waals surface area contributed by atoms with E-state index in [2.05, 4.69) is 11.9 Å². The second-order valence-electron chi connectivity index (χ2n) is 3.73. The molecule has 0 amide bonds. The summed E-state index contributed by atoms with van der Waals surface area (Å²) < 4.78 is 5.05. The van der Waals surface area contributed by atoms with Crippen LogP contribution in [0.15, 0.2) is 0 Å². The van der Waals surface area contributed by atoms with Crippen LogP contribution in [0.5, 0.6) is 0 Å². The molecule has 0 aliphatic heterocycles.